The van der Waals surface area contributed by atoms with E-state index in [1.807, 2.05) is 37.3 Å². The first kappa shape index (κ1) is 20.2. The summed E-state index contributed by atoms with van der Waals surface area (Å²) in [5.74, 6) is -0.916. The number of nitrogens with zero attached hydrogens (tertiary/aromatic N) is 1. The molecule has 0 spiro atoms. The van der Waals surface area contributed by atoms with Crippen molar-refractivity contribution in [1.29, 1.82) is 0 Å². The predicted octanol–water partition coefficient (Wildman–Crippen LogP) is 3.27. The number of hydrogen-bond acceptors (Lipinski definition) is 6. The van der Waals surface area contributed by atoms with Gasteiger partial charge in [-0.2, -0.15) is 0 Å². The van der Waals surface area contributed by atoms with Crippen LogP contribution >= 0.6 is 11.3 Å². The fourth-order valence-corrected chi connectivity index (χ4v) is 4.31. The number of ether oxygens (including phenoxy) is 2. The number of aryl methyl sites for hydroxylation is 1. The normalized spacial score (nSPS) is 19.3. The van der Waals surface area contributed by atoms with Crippen LogP contribution < -0.4 is 10.2 Å². The Morgan fingerprint density at radius 3 is 2.71 bits per heavy atom. The number of piperidine rings is 1. The molecule has 0 unspecified atom stereocenters. The van der Waals surface area contributed by atoms with Crippen LogP contribution in [0.4, 0.5) is 9.80 Å². The summed E-state index contributed by atoms with van der Waals surface area (Å²) in [7, 11) is 1.61. The molecule has 150 valence electrons. The minimum atomic E-state index is -0.916. The first-order chi connectivity index (χ1) is 13.5. The average molecular weight is 404 g/mol. The molecule has 1 aromatic carbocycles. The Hall–Kier alpha value is -2.58. The highest BCUT2D eigenvalue weighted by molar-refractivity contribution is 7.16. The third-order valence-corrected chi connectivity index (χ3v) is 5.94. The summed E-state index contributed by atoms with van der Waals surface area (Å²) >= 11 is 1.46. The zero-order valence-corrected chi connectivity index (χ0v) is 16.7. The molecule has 3 rings (SSSR count). The van der Waals surface area contributed by atoms with Gasteiger partial charge >= 0.3 is 12.1 Å². The third-order valence-electron chi connectivity index (χ3n) is 4.82. The standard InChI is InChI=1S/C20H24N2O5S/c1-13-15(19(23)24)10-18(28-13)22-9-8-16(17(11-22)26-2)21-20(25)27-12-14-6-4-3-5-7-14/h3-7,10,16-17H,8-9,11-12H2,1-2H3,(H,21,25)(H,23,24)/t16-,17+/m0/s1. The number of nitrogens with one attached hydrogen (secondary N) is 1. The average Bonchev–Trinajstić information content (AvgIpc) is 3.09. The van der Waals surface area contributed by atoms with Crippen LogP contribution in [0.15, 0.2) is 36.4 Å². The smallest absolute Gasteiger partial charge is 0.407 e. The molecule has 0 saturated carbocycles. The zero-order chi connectivity index (χ0) is 20.1. The first-order valence-corrected chi connectivity index (χ1v) is 9.88. The van der Waals surface area contributed by atoms with Crippen molar-refractivity contribution in [3.05, 3.63) is 52.4 Å². The van der Waals surface area contributed by atoms with Crippen LogP contribution in [0.5, 0.6) is 0 Å². The lowest BCUT2D eigenvalue weighted by molar-refractivity contribution is 0.0547. The Bertz CT molecular complexity index is 823. The van der Waals surface area contributed by atoms with Gasteiger partial charge in [0, 0.05) is 25.1 Å². The summed E-state index contributed by atoms with van der Waals surface area (Å²) in [6.07, 6.45) is -0.00336. The highest BCUT2D eigenvalue weighted by Crippen LogP contribution is 2.32. The Morgan fingerprint density at radius 2 is 2.07 bits per heavy atom. The molecule has 2 atom stereocenters. The van der Waals surface area contributed by atoms with Gasteiger partial charge in [0.1, 0.15) is 6.61 Å². The SMILES string of the molecule is CO[C@@H]1CN(c2cc(C(=O)O)c(C)s2)CC[C@@H]1NC(=O)OCc1ccccc1. The Labute approximate surface area is 167 Å². The molecular weight excluding hydrogens is 380 g/mol. The van der Waals surface area contributed by atoms with Gasteiger partial charge in [-0.3, -0.25) is 0 Å². The lowest BCUT2D eigenvalue weighted by Crippen LogP contribution is -2.54. The lowest BCUT2D eigenvalue weighted by Gasteiger charge is -2.38. The number of rotatable bonds is 6. The van der Waals surface area contributed by atoms with Crippen molar-refractivity contribution in [3.8, 4) is 0 Å². The van der Waals surface area contributed by atoms with Crippen molar-refractivity contribution < 1.29 is 24.2 Å². The van der Waals surface area contributed by atoms with Crippen molar-refractivity contribution in [3.63, 3.8) is 0 Å². The number of amides is 1. The summed E-state index contributed by atoms with van der Waals surface area (Å²) < 4.78 is 10.9. The number of alkyl carbamates (subject to hydrolysis) is 1. The molecule has 1 saturated heterocycles. The third kappa shape index (κ3) is 4.82. The number of carbonyl (C=O) groups is 2. The Balaban J connectivity index is 1.56. The number of aromatic carboxylic acids is 1. The van der Waals surface area contributed by atoms with Gasteiger partial charge in [-0.25, -0.2) is 9.59 Å². The van der Waals surface area contributed by atoms with Crippen molar-refractivity contribution in [2.24, 2.45) is 0 Å². The van der Waals surface area contributed by atoms with Crippen LogP contribution in [-0.2, 0) is 16.1 Å². The van der Waals surface area contributed by atoms with E-state index in [-0.39, 0.29) is 18.8 Å². The number of methoxy groups -OCH3 is 1. The number of hydrogen-bond donors (Lipinski definition) is 2. The van der Waals surface area contributed by atoms with Crippen molar-refractivity contribution in [2.75, 3.05) is 25.1 Å². The minimum Gasteiger partial charge on any atom is -0.478 e. The number of carbonyl (C=O) groups excluding carboxylic acids is 1. The van der Waals surface area contributed by atoms with E-state index < -0.39 is 12.1 Å². The number of anilines is 1. The molecule has 28 heavy (non-hydrogen) atoms. The van der Waals surface area contributed by atoms with Gasteiger partial charge in [-0.1, -0.05) is 30.3 Å². The monoisotopic (exact) mass is 404 g/mol. The molecule has 1 aliphatic heterocycles. The zero-order valence-electron chi connectivity index (χ0n) is 15.9. The molecule has 8 heteroatoms. The van der Waals surface area contributed by atoms with E-state index in [1.165, 1.54) is 11.3 Å². The van der Waals surface area contributed by atoms with E-state index in [4.69, 9.17) is 9.47 Å². The van der Waals surface area contributed by atoms with E-state index >= 15 is 0 Å². The van der Waals surface area contributed by atoms with E-state index in [1.54, 1.807) is 13.2 Å². The first-order valence-electron chi connectivity index (χ1n) is 9.06. The number of carboxylic acids is 1. The second-order valence-corrected chi connectivity index (χ2v) is 7.92. The fourth-order valence-electron chi connectivity index (χ4n) is 3.27. The van der Waals surface area contributed by atoms with E-state index in [2.05, 4.69) is 10.2 Å². The van der Waals surface area contributed by atoms with Gasteiger partial charge in [-0.15, -0.1) is 11.3 Å². The summed E-state index contributed by atoms with van der Waals surface area (Å²) in [6.45, 7) is 3.29. The predicted molar refractivity (Wildman–Crippen MR) is 107 cm³/mol. The van der Waals surface area contributed by atoms with Crippen LogP contribution in [0.3, 0.4) is 0 Å². The lowest BCUT2D eigenvalue weighted by atomic mass is 10.0. The van der Waals surface area contributed by atoms with Gasteiger partial charge in [-0.05, 0) is 25.0 Å². The molecule has 1 fully saturated rings. The molecule has 2 heterocycles. The molecule has 0 radical (unpaired) electrons. The second-order valence-electron chi connectivity index (χ2n) is 6.68. The van der Waals surface area contributed by atoms with Crippen LogP contribution in [0, 0.1) is 6.92 Å². The number of thiophene rings is 1. The molecule has 1 aromatic heterocycles. The highest BCUT2D eigenvalue weighted by atomic mass is 32.1. The summed E-state index contributed by atoms with van der Waals surface area (Å²) in [5.41, 5.74) is 1.26. The minimum absolute atomic E-state index is 0.162. The van der Waals surface area contributed by atoms with Gasteiger partial charge in [0.05, 0.1) is 22.7 Å². The maximum atomic E-state index is 12.2. The summed E-state index contributed by atoms with van der Waals surface area (Å²) in [6, 6.07) is 11.1. The second kappa shape index (κ2) is 9.07. The van der Waals surface area contributed by atoms with E-state index in [0.29, 0.717) is 25.1 Å². The summed E-state index contributed by atoms with van der Waals surface area (Å²) in [5, 5.41) is 13.0. The van der Waals surface area contributed by atoms with Crippen LogP contribution in [0.25, 0.3) is 0 Å². The molecule has 2 aromatic rings. The molecule has 1 amide bonds. The van der Waals surface area contributed by atoms with Crippen LogP contribution in [0.2, 0.25) is 0 Å². The van der Waals surface area contributed by atoms with Crippen molar-refractivity contribution >= 4 is 28.4 Å². The van der Waals surface area contributed by atoms with Gasteiger partial charge in [0.15, 0.2) is 0 Å². The quantitative estimate of drug-likeness (QED) is 0.768. The van der Waals surface area contributed by atoms with Crippen molar-refractivity contribution in [1.82, 2.24) is 5.32 Å². The topological polar surface area (TPSA) is 88.1 Å². The van der Waals surface area contributed by atoms with Crippen LogP contribution in [-0.4, -0.2) is 49.5 Å². The highest BCUT2D eigenvalue weighted by Gasteiger charge is 2.32. The largest absolute Gasteiger partial charge is 0.478 e. The maximum Gasteiger partial charge on any atom is 0.407 e. The van der Waals surface area contributed by atoms with Crippen molar-refractivity contribution in [2.45, 2.75) is 32.1 Å². The summed E-state index contributed by atoms with van der Waals surface area (Å²) in [4.78, 5) is 26.3. The molecule has 0 bridgehead atoms. The van der Waals surface area contributed by atoms with E-state index in [0.717, 1.165) is 15.4 Å². The number of benzene rings is 1. The molecular formula is C20H24N2O5S. The Morgan fingerprint density at radius 1 is 1.32 bits per heavy atom. The molecule has 7 nitrogen and oxygen atoms in total. The van der Waals surface area contributed by atoms with Gasteiger partial charge in [0.2, 0.25) is 0 Å². The fraction of sp³-hybridized carbons (Fsp3) is 0.400. The Kier molecular flexibility index (Phi) is 6.53. The molecule has 0 aliphatic carbocycles. The molecule has 1 aliphatic rings. The van der Waals surface area contributed by atoms with Crippen LogP contribution in [0.1, 0.15) is 27.2 Å². The van der Waals surface area contributed by atoms with Gasteiger partial charge in [0.25, 0.3) is 0 Å². The van der Waals surface area contributed by atoms with Gasteiger partial charge < -0.3 is 24.8 Å². The number of carboxylic acid groups (broad SMARTS) is 1. The maximum absolute atomic E-state index is 12.2. The molecule has 2 N–H and O–H groups in total. The van der Waals surface area contributed by atoms with E-state index in [9.17, 15) is 14.7 Å².